The number of nitrogens with one attached hydrogen (secondary N) is 2. The van der Waals surface area contributed by atoms with Crippen LogP contribution in [-0.2, 0) is 11.3 Å². The molecule has 1 aromatic heterocycles. The molecule has 3 N–H and O–H groups in total. The van der Waals surface area contributed by atoms with Gasteiger partial charge in [-0.15, -0.1) is 0 Å². The first kappa shape index (κ1) is 17.9. The van der Waals surface area contributed by atoms with E-state index in [4.69, 9.17) is 23.2 Å². The number of hydrogen-bond acceptors (Lipinski definition) is 2. The van der Waals surface area contributed by atoms with Crippen molar-refractivity contribution in [2.24, 2.45) is 0 Å². The number of carboxylic acid groups (broad SMARTS) is 1. The first-order valence-electron chi connectivity index (χ1n) is 7.53. The van der Waals surface area contributed by atoms with Crippen LogP contribution in [0.1, 0.15) is 21.6 Å². The van der Waals surface area contributed by atoms with Gasteiger partial charge >= 0.3 is 5.97 Å². The quantitative estimate of drug-likeness (QED) is 0.598. The molecule has 0 fully saturated rings. The predicted molar refractivity (Wildman–Crippen MR) is 100 cm³/mol. The fourth-order valence-corrected chi connectivity index (χ4v) is 3.06. The highest BCUT2D eigenvalue weighted by atomic mass is 35.5. The molecule has 3 aromatic rings. The van der Waals surface area contributed by atoms with Gasteiger partial charge in [0.1, 0.15) is 5.69 Å². The first-order chi connectivity index (χ1) is 12.5. The summed E-state index contributed by atoms with van der Waals surface area (Å²) in [5.41, 5.74) is 1.36. The van der Waals surface area contributed by atoms with Gasteiger partial charge in [0.05, 0.1) is 16.1 Å². The van der Waals surface area contributed by atoms with Crippen LogP contribution in [0.3, 0.4) is 0 Å². The van der Waals surface area contributed by atoms with E-state index in [-0.39, 0.29) is 16.3 Å². The number of aromatic amines is 1. The van der Waals surface area contributed by atoms with Gasteiger partial charge < -0.3 is 15.4 Å². The zero-order chi connectivity index (χ0) is 18.7. The molecule has 0 aliphatic carbocycles. The number of hydrogen-bond donors (Lipinski definition) is 3. The first-order valence-corrected chi connectivity index (χ1v) is 8.29. The van der Waals surface area contributed by atoms with Crippen LogP contribution in [-0.4, -0.2) is 22.0 Å². The maximum atomic E-state index is 12.0. The van der Waals surface area contributed by atoms with Gasteiger partial charge in [-0.3, -0.25) is 4.79 Å². The summed E-state index contributed by atoms with van der Waals surface area (Å²) in [5, 5.41) is 13.1. The fourth-order valence-electron chi connectivity index (χ4n) is 2.48. The summed E-state index contributed by atoms with van der Waals surface area (Å²) in [6, 6.07) is 12.4. The third kappa shape index (κ3) is 3.83. The van der Waals surface area contributed by atoms with Crippen molar-refractivity contribution in [2.45, 2.75) is 6.54 Å². The minimum atomic E-state index is -1.21. The zero-order valence-electron chi connectivity index (χ0n) is 13.3. The lowest BCUT2D eigenvalue weighted by atomic mass is 10.1. The summed E-state index contributed by atoms with van der Waals surface area (Å²) < 4.78 is 0. The Morgan fingerprint density at radius 3 is 2.58 bits per heavy atom. The molecule has 0 unspecified atom stereocenters. The molecule has 7 heteroatoms. The molecule has 3 rings (SSSR count). The highest BCUT2D eigenvalue weighted by molar-refractivity contribution is 6.39. The molecule has 26 heavy (non-hydrogen) atoms. The van der Waals surface area contributed by atoms with Crippen LogP contribution in [0.15, 0.2) is 42.5 Å². The Kier molecular flexibility index (Phi) is 5.17. The van der Waals surface area contributed by atoms with Gasteiger partial charge in [-0.2, -0.15) is 0 Å². The maximum absolute atomic E-state index is 12.0. The molecule has 0 bridgehead atoms. The maximum Gasteiger partial charge on any atom is 0.353 e. The highest BCUT2D eigenvalue weighted by Crippen LogP contribution is 2.32. The van der Waals surface area contributed by atoms with Gasteiger partial charge in [0.2, 0.25) is 0 Å². The number of amides is 1. The fraction of sp³-hybridized carbons (Fsp3) is 0.0526. The van der Waals surface area contributed by atoms with Gasteiger partial charge in [0.25, 0.3) is 5.91 Å². The number of halogens is 2. The Bertz CT molecular complexity index is 1060. The summed E-state index contributed by atoms with van der Waals surface area (Å²) in [6.45, 7) is 0.324. The van der Waals surface area contributed by atoms with E-state index in [0.717, 1.165) is 5.56 Å². The second-order valence-electron chi connectivity index (χ2n) is 5.41. The number of H-pyrrole nitrogens is 1. The van der Waals surface area contributed by atoms with Crippen LogP contribution < -0.4 is 5.32 Å². The molecule has 1 heterocycles. The number of aromatic nitrogens is 1. The summed E-state index contributed by atoms with van der Waals surface area (Å²) in [6.07, 6.45) is 0. The molecule has 0 spiro atoms. The van der Waals surface area contributed by atoms with Crippen molar-refractivity contribution in [3.8, 4) is 11.8 Å². The van der Waals surface area contributed by atoms with Crippen LogP contribution in [0.25, 0.3) is 10.9 Å². The monoisotopic (exact) mass is 386 g/mol. The molecular formula is C19H12Cl2N2O3. The lowest BCUT2D eigenvalue weighted by molar-refractivity contribution is -0.115. The Balaban J connectivity index is 1.91. The number of carbonyl (C=O) groups excluding carboxylic acids is 1. The van der Waals surface area contributed by atoms with Crippen LogP contribution in [0.5, 0.6) is 0 Å². The van der Waals surface area contributed by atoms with Crippen LogP contribution in [0.2, 0.25) is 10.0 Å². The van der Waals surface area contributed by atoms with E-state index in [1.807, 2.05) is 30.3 Å². The minimum absolute atomic E-state index is 0.143. The van der Waals surface area contributed by atoms with Gasteiger partial charge in [-0.05, 0) is 17.7 Å². The Morgan fingerprint density at radius 2 is 1.88 bits per heavy atom. The third-order valence-electron chi connectivity index (χ3n) is 3.63. The number of carboxylic acids is 1. The van der Waals surface area contributed by atoms with Crippen molar-refractivity contribution in [3.05, 3.63) is 69.3 Å². The Hall–Kier alpha value is -2.94. The average Bonchev–Trinajstić information content (AvgIpc) is 2.98. The lowest BCUT2D eigenvalue weighted by Gasteiger charge is -2.00. The van der Waals surface area contributed by atoms with Crippen molar-refractivity contribution in [3.63, 3.8) is 0 Å². The molecular weight excluding hydrogens is 375 g/mol. The molecule has 1 amide bonds. The standard InChI is InChI=1S/C19H12Cl2N2O3/c20-12-8-14(21)17-13(18(19(25)26)23-15(17)9-12)6-7-16(24)22-10-11-4-2-1-3-5-11/h1-5,8-9,23H,10H2,(H,22,24)(H,25,26). The van der Waals surface area contributed by atoms with Crippen LogP contribution in [0.4, 0.5) is 0 Å². The molecule has 0 radical (unpaired) electrons. The molecule has 130 valence electrons. The number of rotatable bonds is 3. The van der Waals surface area contributed by atoms with Crippen molar-refractivity contribution in [1.82, 2.24) is 10.3 Å². The van der Waals surface area contributed by atoms with E-state index in [9.17, 15) is 14.7 Å². The van der Waals surface area contributed by atoms with Crippen LogP contribution >= 0.6 is 23.2 Å². The summed E-state index contributed by atoms with van der Waals surface area (Å²) in [5.74, 6) is 3.29. The van der Waals surface area contributed by atoms with Gasteiger partial charge in [-0.1, -0.05) is 59.5 Å². The lowest BCUT2D eigenvalue weighted by Crippen LogP contribution is -2.20. The normalized spacial score (nSPS) is 10.2. The smallest absolute Gasteiger partial charge is 0.353 e. The Morgan fingerprint density at radius 1 is 1.15 bits per heavy atom. The second-order valence-corrected chi connectivity index (χ2v) is 6.25. The number of aromatic carboxylic acids is 1. The number of benzene rings is 2. The SMILES string of the molecule is O=C(C#Cc1c(C(=O)O)[nH]c2cc(Cl)cc(Cl)c12)NCc1ccccc1. The Labute approximate surface area is 158 Å². The topological polar surface area (TPSA) is 82.2 Å². The summed E-state index contributed by atoms with van der Waals surface area (Å²) >= 11 is 12.1. The van der Waals surface area contributed by atoms with E-state index in [1.54, 1.807) is 6.07 Å². The number of fused-ring (bicyclic) bond motifs is 1. The van der Waals surface area contributed by atoms with Crippen molar-refractivity contribution in [1.29, 1.82) is 0 Å². The molecule has 5 nitrogen and oxygen atoms in total. The molecule has 0 saturated carbocycles. The summed E-state index contributed by atoms with van der Waals surface area (Å²) in [7, 11) is 0. The molecule has 2 aromatic carbocycles. The van der Waals surface area contributed by atoms with Crippen molar-refractivity contribution < 1.29 is 14.7 Å². The van der Waals surface area contributed by atoms with Gasteiger partial charge in [0, 0.05) is 22.9 Å². The predicted octanol–water partition coefficient (Wildman–Crippen LogP) is 3.84. The van der Waals surface area contributed by atoms with E-state index in [1.165, 1.54) is 6.07 Å². The van der Waals surface area contributed by atoms with E-state index < -0.39 is 11.9 Å². The van der Waals surface area contributed by atoms with Gasteiger partial charge in [0.15, 0.2) is 0 Å². The van der Waals surface area contributed by atoms with Gasteiger partial charge in [-0.25, -0.2) is 4.79 Å². The van der Waals surface area contributed by atoms with E-state index in [2.05, 4.69) is 22.1 Å². The molecule has 0 aliphatic rings. The van der Waals surface area contributed by atoms with E-state index in [0.29, 0.717) is 22.5 Å². The third-order valence-corrected chi connectivity index (χ3v) is 4.14. The van der Waals surface area contributed by atoms with Crippen molar-refractivity contribution >= 4 is 46.0 Å². The molecule has 0 aliphatic heterocycles. The molecule has 0 atom stereocenters. The van der Waals surface area contributed by atoms with Crippen LogP contribution in [0, 0.1) is 11.8 Å². The summed E-state index contributed by atoms with van der Waals surface area (Å²) in [4.78, 5) is 26.2. The zero-order valence-corrected chi connectivity index (χ0v) is 14.8. The average molecular weight is 387 g/mol. The largest absolute Gasteiger partial charge is 0.477 e. The minimum Gasteiger partial charge on any atom is -0.477 e. The second kappa shape index (κ2) is 7.52. The van der Waals surface area contributed by atoms with Crippen molar-refractivity contribution in [2.75, 3.05) is 0 Å². The van der Waals surface area contributed by atoms with E-state index >= 15 is 0 Å². The highest BCUT2D eigenvalue weighted by Gasteiger charge is 2.18. The molecule has 0 saturated heterocycles. The number of carbonyl (C=O) groups is 2.